The zero-order valence-corrected chi connectivity index (χ0v) is 14.7. The molecule has 0 fully saturated rings. The van der Waals surface area contributed by atoms with Crippen LogP contribution in [0.5, 0.6) is 0 Å². The van der Waals surface area contributed by atoms with E-state index in [1.54, 1.807) is 6.92 Å². The van der Waals surface area contributed by atoms with E-state index >= 15 is 0 Å². The van der Waals surface area contributed by atoms with Gasteiger partial charge in [0.2, 0.25) is 0 Å². The van der Waals surface area contributed by atoms with Gasteiger partial charge in [0, 0.05) is 0 Å². The van der Waals surface area contributed by atoms with Gasteiger partial charge in [0.15, 0.2) is 0 Å². The number of aliphatic carboxylic acids is 1. The van der Waals surface area contributed by atoms with Crippen LogP contribution in [0.15, 0.2) is 60.8 Å². The van der Waals surface area contributed by atoms with Crippen molar-refractivity contribution in [3.8, 4) is 0 Å². The lowest BCUT2D eigenvalue weighted by atomic mass is 10.1. The highest BCUT2D eigenvalue weighted by Crippen LogP contribution is 2.06. The molecule has 0 heterocycles. The van der Waals surface area contributed by atoms with Gasteiger partial charge < -0.3 is 5.11 Å². The van der Waals surface area contributed by atoms with Crippen LogP contribution in [-0.4, -0.2) is 11.1 Å². The highest BCUT2D eigenvalue weighted by atomic mass is 16.4. The first kappa shape index (κ1) is 21.2. The maximum Gasteiger partial charge on any atom is 0.306 e. The fraction of sp³-hybridized carbons (Fsp3) is 0.476. The van der Waals surface area contributed by atoms with Crippen molar-refractivity contribution in [3.63, 3.8) is 0 Å². The molecular formula is C21H32O2. The third-order valence-electron chi connectivity index (χ3n) is 3.35. The molecule has 0 radical (unpaired) electrons. The number of allylic oxidation sites excluding steroid dienone is 10. The van der Waals surface area contributed by atoms with Crippen LogP contribution in [0.3, 0.4) is 0 Å². The number of hydrogen-bond acceptors (Lipinski definition) is 1. The molecule has 23 heavy (non-hydrogen) atoms. The van der Waals surface area contributed by atoms with Crippen molar-refractivity contribution < 1.29 is 9.90 Å². The molecule has 0 spiro atoms. The molecule has 0 aliphatic carbocycles. The molecule has 0 bridgehead atoms. The summed E-state index contributed by atoms with van der Waals surface area (Å²) in [6.45, 7) is 3.89. The maximum atomic E-state index is 10.6. The van der Waals surface area contributed by atoms with E-state index in [-0.39, 0.29) is 5.92 Å². The first-order valence-electron chi connectivity index (χ1n) is 8.66. The Hall–Kier alpha value is -1.83. The van der Waals surface area contributed by atoms with Crippen molar-refractivity contribution in [1.29, 1.82) is 0 Å². The van der Waals surface area contributed by atoms with Crippen LogP contribution in [-0.2, 0) is 4.79 Å². The smallest absolute Gasteiger partial charge is 0.306 e. The van der Waals surface area contributed by atoms with Gasteiger partial charge in [-0.15, -0.1) is 0 Å². The topological polar surface area (TPSA) is 37.3 Å². The Morgan fingerprint density at radius 3 is 1.57 bits per heavy atom. The van der Waals surface area contributed by atoms with E-state index in [0.717, 1.165) is 38.5 Å². The minimum atomic E-state index is -0.711. The summed E-state index contributed by atoms with van der Waals surface area (Å²) in [5, 5.41) is 8.76. The number of carboxylic acid groups (broad SMARTS) is 1. The second-order valence-electron chi connectivity index (χ2n) is 5.52. The van der Waals surface area contributed by atoms with Crippen molar-refractivity contribution in [3.05, 3.63) is 60.8 Å². The lowest BCUT2D eigenvalue weighted by Crippen LogP contribution is -2.08. The summed E-state index contributed by atoms with van der Waals surface area (Å²) < 4.78 is 0. The average molecular weight is 316 g/mol. The Morgan fingerprint density at radius 2 is 1.17 bits per heavy atom. The van der Waals surface area contributed by atoms with Crippen LogP contribution < -0.4 is 0 Å². The second kappa shape index (κ2) is 16.5. The van der Waals surface area contributed by atoms with Crippen LogP contribution in [0, 0.1) is 5.92 Å². The molecule has 0 rings (SSSR count). The quantitative estimate of drug-likeness (QED) is 0.408. The highest BCUT2D eigenvalue weighted by Gasteiger charge is 2.08. The summed E-state index contributed by atoms with van der Waals surface area (Å²) in [6.07, 6.45) is 28.2. The van der Waals surface area contributed by atoms with Gasteiger partial charge in [0.05, 0.1) is 5.92 Å². The summed E-state index contributed by atoms with van der Waals surface area (Å²) in [7, 11) is 0. The molecule has 0 saturated carbocycles. The van der Waals surface area contributed by atoms with Crippen LogP contribution in [0.2, 0.25) is 0 Å². The van der Waals surface area contributed by atoms with Crippen LogP contribution >= 0.6 is 0 Å². The fourth-order valence-electron chi connectivity index (χ4n) is 1.84. The Balaban J connectivity index is 3.54. The number of carbonyl (C=O) groups is 1. The third kappa shape index (κ3) is 16.4. The number of carboxylic acids is 1. The zero-order chi connectivity index (χ0) is 17.2. The van der Waals surface area contributed by atoms with E-state index in [4.69, 9.17) is 5.11 Å². The average Bonchev–Trinajstić information content (AvgIpc) is 2.54. The van der Waals surface area contributed by atoms with Gasteiger partial charge in [0.25, 0.3) is 0 Å². The molecule has 0 amide bonds. The van der Waals surface area contributed by atoms with Crippen molar-refractivity contribution in [2.45, 2.75) is 58.8 Å². The summed E-state index contributed by atoms with van der Waals surface area (Å²) in [5.41, 5.74) is 0. The molecular weight excluding hydrogens is 284 g/mol. The first-order chi connectivity index (χ1) is 11.2. The van der Waals surface area contributed by atoms with Crippen molar-refractivity contribution >= 4 is 5.97 Å². The van der Waals surface area contributed by atoms with E-state index in [9.17, 15) is 4.79 Å². The first-order valence-corrected chi connectivity index (χ1v) is 8.66. The number of hydrogen-bond donors (Lipinski definition) is 1. The Labute approximate surface area is 142 Å². The Morgan fingerprint density at radius 1 is 0.783 bits per heavy atom. The summed E-state index contributed by atoms with van der Waals surface area (Å²) in [4.78, 5) is 10.6. The molecule has 0 aromatic rings. The molecule has 2 heteroatoms. The molecule has 0 aliphatic rings. The minimum absolute atomic E-state index is 0.253. The Bertz CT molecular complexity index is 425. The second-order valence-corrected chi connectivity index (χ2v) is 5.52. The molecule has 0 saturated heterocycles. The van der Waals surface area contributed by atoms with Gasteiger partial charge >= 0.3 is 5.97 Å². The van der Waals surface area contributed by atoms with E-state index in [2.05, 4.69) is 67.7 Å². The largest absolute Gasteiger partial charge is 0.481 e. The molecule has 0 aliphatic heterocycles. The van der Waals surface area contributed by atoms with Gasteiger partial charge in [-0.2, -0.15) is 0 Å². The predicted octanol–water partition coefficient (Wildman–Crippen LogP) is 6.24. The minimum Gasteiger partial charge on any atom is -0.481 e. The van der Waals surface area contributed by atoms with Crippen LogP contribution in [0.1, 0.15) is 58.8 Å². The van der Waals surface area contributed by atoms with Gasteiger partial charge in [0.1, 0.15) is 0 Å². The fourth-order valence-corrected chi connectivity index (χ4v) is 1.84. The summed E-state index contributed by atoms with van der Waals surface area (Å²) >= 11 is 0. The van der Waals surface area contributed by atoms with E-state index in [1.165, 1.54) is 0 Å². The molecule has 128 valence electrons. The molecule has 1 N–H and O–H groups in total. The van der Waals surface area contributed by atoms with E-state index < -0.39 is 5.97 Å². The molecule has 1 unspecified atom stereocenters. The standard InChI is InChI=1S/C21H32O2/c1-3-4-5-6-7-8-9-10-11-12-13-14-15-16-17-18-19-20(2)21(22)23/h4-5,7-8,10-11,13-14,16-17,20H,3,6,9,12,15,18-19H2,1-2H3,(H,22,23). The van der Waals surface area contributed by atoms with Gasteiger partial charge in [-0.3, -0.25) is 4.79 Å². The maximum absolute atomic E-state index is 10.6. The van der Waals surface area contributed by atoms with Gasteiger partial charge in [-0.1, -0.05) is 74.6 Å². The van der Waals surface area contributed by atoms with Gasteiger partial charge in [-0.05, 0) is 44.9 Å². The van der Waals surface area contributed by atoms with Crippen molar-refractivity contribution in [1.82, 2.24) is 0 Å². The van der Waals surface area contributed by atoms with E-state index in [1.807, 2.05) is 0 Å². The summed E-state index contributed by atoms with van der Waals surface area (Å²) in [5.74, 6) is -0.964. The lowest BCUT2D eigenvalue weighted by Gasteiger charge is -2.01. The molecule has 0 aromatic heterocycles. The lowest BCUT2D eigenvalue weighted by molar-refractivity contribution is -0.141. The molecule has 2 nitrogen and oxygen atoms in total. The number of rotatable bonds is 13. The summed E-state index contributed by atoms with van der Waals surface area (Å²) in [6, 6.07) is 0. The normalized spacial score (nSPS) is 14.2. The van der Waals surface area contributed by atoms with Crippen LogP contribution in [0.25, 0.3) is 0 Å². The molecule has 1 atom stereocenters. The zero-order valence-electron chi connectivity index (χ0n) is 14.7. The highest BCUT2D eigenvalue weighted by molar-refractivity contribution is 5.69. The predicted molar refractivity (Wildman–Crippen MR) is 100 cm³/mol. The van der Waals surface area contributed by atoms with Crippen LogP contribution in [0.4, 0.5) is 0 Å². The van der Waals surface area contributed by atoms with Gasteiger partial charge in [-0.25, -0.2) is 0 Å². The monoisotopic (exact) mass is 316 g/mol. The molecule has 0 aromatic carbocycles. The Kier molecular flexibility index (Phi) is 15.2. The SMILES string of the molecule is CCC=CCC=CCC=CCC=CCC=CCCC(C)C(=O)O. The third-order valence-corrected chi connectivity index (χ3v) is 3.35. The van der Waals surface area contributed by atoms with Crippen molar-refractivity contribution in [2.75, 3.05) is 0 Å². The van der Waals surface area contributed by atoms with Crippen molar-refractivity contribution in [2.24, 2.45) is 5.92 Å². The van der Waals surface area contributed by atoms with E-state index in [0.29, 0.717) is 6.42 Å².